The average Bonchev–Trinajstić information content (AvgIpc) is 0.760. The number of hydrogen-bond donors (Lipinski definition) is 6. The molecule has 6 aliphatic rings. The van der Waals surface area contributed by atoms with Crippen molar-refractivity contribution < 1.29 is 57.5 Å². The Kier molecular flexibility index (Phi) is 30.5. The summed E-state index contributed by atoms with van der Waals surface area (Å²) in [6.07, 6.45) is 5.81. The van der Waals surface area contributed by atoms with E-state index in [4.69, 9.17) is 0 Å². The highest BCUT2D eigenvalue weighted by atomic mass is 16.2. The van der Waals surface area contributed by atoms with Gasteiger partial charge in [-0.1, -0.05) is 81.6 Å². The highest BCUT2D eigenvalue weighted by Crippen LogP contribution is 2.38. The van der Waals surface area contributed by atoms with Crippen LogP contribution in [0.1, 0.15) is 394 Å². The lowest BCUT2D eigenvalue weighted by molar-refractivity contribution is 0.0960. The highest BCUT2D eigenvalue weighted by Gasteiger charge is 2.45. The number of aromatic amines is 6. The van der Waals surface area contributed by atoms with Crippen molar-refractivity contribution in [3.8, 4) is 0 Å². The van der Waals surface area contributed by atoms with Crippen LogP contribution >= 0.6 is 0 Å². The lowest BCUT2D eigenvalue weighted by atomic mass is 9.83. The number of unbranched alkanes of at least 4 members (excludes halogenated alkanes) is 1. The Morgan fingerprint density at radius 3 is 0.939 bits per heavy atom. The number of nitrogens with one attached hydrogen (secondary N) is 6. The molecule has 6 aliphatic carbocycles. The van der Waals surface area contributed by atoms with Crippen LogP contribution in [0, 0.1) is 67.2 Å². The summed E-state index contributed by atoms with van der Waals surface area (Å²) in [7, 11) is 1.46. The summed E-state index contributed by atoms with van der Waals surface area (Å²) < 4.78 is 7.94. The van der Waals surface area contributed by atoms with E-state index >= 15 is 0 Å². The SMILES string of the molecule is CCCCn1c2c(c(CCC)cc1=O)C(=O)c1c(CCC)cc(=O)[nH]c1C2=O.CCc1cc(=O)[nH]c2c1C(=O)c1c(CC)cc(=O)n(C)c1C2=O.Cc1cc(=O)[nH]c2c1C(=O)c1c(C)cc(=O)n(C(C)(C)C)c1C2=O.Cc1cc(=O)[nH]c2c1C(=O)c1c(C)cc(=O)n(C(C)C)c1C2=O.Cc1cc(=O)[nH]c2c1C(=O)c1c(C)cc(=O)n(CC(C)C)c1C2=O.Cc1cc(=O)[nH]c2c1C(=O)c1c(C)cc(=O)n(CCC(C)C)c1C2=O. The minimum absolute atomic E-state index is 0.0184. The zero-order valence-electron chi connectivity index (χ0n) is 86.1. The van der Waals surface area contributed by atoms with Gasteiger partial charge in [0, 0.05) is 111 Å². The molecule has 12 aromatic heterocycles. The van der Waals surface area contributed by atoms with Crippen molar-refractivity contribution in [1.29, 1.82) is 0 Å². The Labute approximate surface area is 838 Å². The van der Waals surface area contributed by atoms with Crippen LogP contribution in [0.3, 0.4) is 0 Å². The summed E-state index contributed by atoms with van der Waals surface area (Å²) in [5, 5.41) is 0. The lowest BCUT2D eigenvalue weighted by Crippen LogP contribution is -2.42. The van der Waals surface area contributed by atoms with Crippen molar-refractivity contribution in [3.05, 3.63) is 399 Å². The Morgan fingerprint density at radius 1 is 0.265 bits per heavy atom. The molecule has 762 valence electrons. The summed E-state index contributed by atoms with van der Waals surface area (Å²) in [6.45, 7) is 40.5. The molecule has 0 amide bonds. The van der Waals surface area contributed by atoms with Gasteiger partial charge in [0.25, 0.3) is 33.4 Å². The number of aromatic nitrogens is 12. The first-order chi connectivity index (χ1) is 69.0. The van der Waals surface area contributed by atoms with Crippen LogP contribution in [0.4, 0.5) is 0 Å². The predicted octanol–water partition coefficient (Wildman–Crippen LogP) is 10.7. The first kappa shape index (κ1) is 108. The second-order valence-corrected chi connectivity index (χ2v) is 39.6. The maximum atomic E-state index is 13.5. The molecule has 0 aliphatic heterocycles. The zero-order chi connectivity index (χ0) is 109. The summed E-state index contributed by atoms with van der Waals surface area (Å²) in [5.41, 5.74) is 4.09. The number of ketones is 12. The number of pyridine rings is 12. The maximum Gasteiger partial charge on any atom is 0.251 e. The second kappa shape index (κ2) is 41.6. The Balaban J connectivity index is 0.000000148. The first-order valence-electron chi connectivity index (χ1n) is 48.6. The van der Waals surface area contributed by atoms with E-state index in [0.717, 1.165) is 25.7 Å². The molecule has 6 N–H and O–H groups in total. The molecule has 12 aromatic rings. The number of nitrogens with zero attached hydrogens (tertiary/aromatic N) is 6. The third kappa shape index (κ3) is 19.5. The number of carbonyl (C=O) groups excluding carboxylic acids is 12. The minimum atomic E-state index is -0.688. The summed E-state index contributed by atoms with van der Waals surface area (Å²) >= 11 is 0. The van der Waals surface area contributed by atoms with E-state index in [0.29, 0.717) is 130 Å². The Hall–Kier alpha value is -16.6. The van der Waals surface area contributed by atoms with Crippen LogP contribution in [0.25, 0.3) is 0 Å². The van der Waals surface area contributed by atoms with Crippen LogP contribution in [0.5, 0.6) is 0 Å². The molecule has 147 heavy (non-hydrogen) atoms. The fraction of sp³-hybridized carbons (Fsp3) is 0.351. The first-order valence-corrected chi connectivity index (χ1v) is 48.6. The molecule has 18 rings (SSSR count). The largest absolute Gasteiger partial charge is 0.318 e. The van der Waals surface area contributed by atoms with Gasteiger partial charge < -0.3 is 52.7 Å². The van der Waals surface area contributed by atoms with Gasteiger partial charge in [-0.05, 0) is 207 Å². The number of H-pyrrole nitrogens is 6. The number of rotatable bonds is 15. The number of carbonyl (C=O) groups is 12. The smallest absolute Gasteiger partial charge is 0.251 e. The number of hydrogen-bond acceptors (Lipinski definition) is 24. The normalized spacial score (nSPS) is 13.2. The molecule has 0 atom stereocenters. The molecule has 0 fully saturated rings. The van der Waals surface area contributed by atoms with Crippen molar-refractivity contribution in [3.63, 3.8) is 0 Å². The van der Waals surface area contributed by atoms with Gasteiger partial charge in [0.2, 0.25) is 68.1 Å². The number of fused-ring (bicyclic) bond motifs is 12. The maximum absolute atomic E-state index is 13.5. The van der Waals surface area contributed by atoms with E-state index < -0.39 is 73.6 Å². The molecule has 0 aromatic carbocycles. The summed E-state index contributed by atoms with van der Waals surface area (Å²) in [4.78, 5) is 317. The molecule has 12 heterocycles. The molecule has 0 unspecified atom stereocenters. The third-order valence-electron chi connectivity index (χ3n) is 26.6. The average molecular weight is 2000 g/mol. The van der Waals surface area contributed by atoms with Gasteiger partial charge in [-0.25, -0.2) is 0 Å². The van der Waals surface area contributed by atoms with E-state index in [-0.39, 0.29) is 210 Å². The molecule has 36 heteroatoms. The van der Waals surface area contributed by atoms with Crippen LogP contribution in [0.15, 0.2) is 130 Å². The van der Waals surface area contributed by atoms with E-state index in [1.165, 1.54) is 107 Å². The molecular formula is C111H114N12O24. The van der Waals surface area contributed by atoms with Crippen molar-refractivity contribution in [1.82, 2.24) is 57.3 Å². The topological polar surface area (TPSA) is 534 Å². The van der Waals surface area contributed by atoms with Crippen LogP contribution < -0.4 is 66.7 Å². The fourth-order valence-electron chi connectivity index (χ4n) is 20.0. The van der Waals surface area contributed by atoms with Crippen molar-refractivity contribution >= 4 is 69.4 Å². The molecular weight excluding hydrogens is 1890 g/mol. The van der Waals surface area contributed by atoms with Gasteiger partial charge in [0.05, 0.1) is 66.8 Å². The van der Waals surface area contributed by atoms with E-state index in [9.17, 15) is 115 Å². The quantitative estimate of drug-likeness (QED) is 0.0555. The van der Waals surface area contributed by atoms with Gasteiger partial charge >= 0.3 is 0 Å². The van der Waals surface area contributed by atoms with Gasteiger partial charge in [0.15, 0.2) is 34.7 Å². The van der Waals surface area contributed by atoms with Crippen molar-refractivity contribution in [2.24, 2.45) is 18.9 Å². The van der Waals surface area contributed by atoms with Crippen molar-refractivity contribution in [2.45, 2.75) is 241 Å². The predicted molar refractivity (Wildman–Crippen MR) is 548 cm³/mol. The fourth-order valence-corrected chi connectivity index (χ4v) is 20.0. The standard InChI is InChI=1S/C22H26N2O4.C19H20N2O4.2C18H18N2O4.2C17H16N2O4/c1-4-7-10-24-16(26)12-14(9-6-3)18-20(24)22(28)19-17(21(18)27)13(8-5-2)11-15(25)23-19;1-9(2)5-6-21-13(23)8-11(4)15-17(21)19(25)16-14(18(15)24)10(3)7-12(22)20-16;1-8-6-10(21)19-14-12(8)16(23)13-9(2)7-11(22)20(18(3,4)5)15(13)17(14)24;1-8(2)7-20-12(22)6-10(4)14-16(20)18(24)15-13(17(14)23)9(3)5-11(21)19-15;1-7(2)19-11(21)6-9(4)13-15(19)17(23)14-12(16(13)22)8(3)5-10(20)18-14;1-4-8-6-10(20)18-14-12(8)16(22)13-9(5-2)7-11(21)19(3)15(13)17(14)23/h11-12H,4-10H2,1-3H3,(H,23,25);7-9H,5-6H2,1-4H3,(H,20,22);6-7H,1-5H3,(H,19,21);5-6,8H,7H2,1-4H3,(H,19,21);5-7H,1-4H3,(H,18,20);6-7H,4-5H2,1-3H3,(H,18,20). The molecule has 0 bridgehead atoms. The van der Waals surface area contributed by atoms with Gasteiger partial charge in [-0.3, -0.25) is 120 Å². The molecule has 36 nitrogen and oxygen atoms in total. The lowest BCUT2D eigenvalue weighted by Gasteiger charge is -2.30. The minimum Gasteiger partial charge on any atom is -0.318 e. The van der Waals surface area contributed by atoms with E-state index in [1.807, 2.05) is 62.3 Å². The van der Waals surface area contributed by atoms with E-state index in [1.54, 1.807) is 90.0 Å². The Morgan fingerprint density at radius 2 is 0.551 bits per heavy atom. The van der Waals surface area contributed by atoms with Gasteiger partial charge in [-0.15, -0.1) is 0 Å². The monoisotopic (exact) mass is 2000 g/mol. The second-order valence-electron chi connectivity index (χ2n) is 39.6. The van der Waals surface area contributed by atoms with Crippen LogP contribution in [0.2, 0.25) is 0 Å². The molecule has 0 saturated heterocycles. The summed E-state index contributed by atoms with van der Waals surface area (Å²) in [5.74, 6) is -4.34. The van der Waals surface area contributed by atoms with Crippen LogP contribution in [-0.2, 0) is 57.9 Å². The molecule has 0 radical (unpaired) electrons. The third-order valence-corrected chi connectivity index (χ3v) is 26.6. The van der Waals surface area contributed by atoms with E-state index in [2.05, 4.69) is 29.9 Å². The Bertz CT molecular complexity index is 8670. The zero-order valence-corrected chi connectivity index (χ0v) is 86.1. The van der Waals surface area contributed by atoms with Crippen molar-refractivity contribution in [2.75, 3.05) is 0 Å². The van der Waals surface area contributed by atoms with Crippen LogP contribution in [-0.4, -0.2) is 127 Å². The molecule has 0 saturated carbocycles. The highest BCUT2D eigenvalue weighted by molar-refractivity contribution is 6.32. The molecule has 0 spiro atoms. The van der Waals surface area contributed by atoms with Gasteiger partial charge in [0.1, 0.15) is 68.3 Å². The van der Waals surface area contributed by atoms with Gasteiger partial charge in [-0.2, -0.15) is 0 Å². The summed E-state index contributed by atoms with van der Waals surface area (Å²) in [6, 6.07) is 16.1. The number of aryl methyl sites for hydroxylation is 12.